The Morgan fingerprint density at radius 1 is 1.55 bits per heavy atom. The smallest absolute Gasteiger partial charge is 0.0469 e. The van der Waals surface area contributed by atoms with Crippen molar-refractivity contribution in [1.82, 2.24) is 5.32 Å². The summed E-state index contributed by atoms with van der Waals surface area (Å²) < 4.78 is 0. The summed E-state index contributed by atoms with van der Waals surface area (Å²) in [5.74, 6) is 0. The van der Waals surface area contributed by atoms with Crippen LogP contribution in [-0.4, -0.2) is 13.3 Å². The zero-order valence-electron chi connectivity index (χ0n) is 7.35. The van der Waals surface area contributed by atoms with Crippen LogP contribution in [0.2, 0.25) is 0 Å². The maximum absolute atomic E-state index is 3.72. The lowest BCUT2D eigenvalue weighted by Gasteiger charge is -2.04. The molecule has 0 heterocycles. The minimum absolute atomic E-state index is 1.08. The van der Waals surface area contributed by atoms with Crippen LogP contribution >= 0.6 is 11.8 Å². The molecule has 0 radical (unpaired) electrons. The highest BCUT2D eigenvalue weighted by Crippen LogP contribution is 2.16. The van der Waals surface area contributed by atoms with Gasteiger partial charge in [0.2, 0.25) is 0 Å². The lowest BCUT2D eigenvalue weighted by Crippen LogP contribution is -2.04. The summed E-state index contributed by atoms with van der Waals surface area (Å²) in [5.41, 5.74) is 1.08. The van der Waals surface area contributed by atoms with E-state index in [1.165, 1.54) is 4.91 Å². The van der Waals surface area contributed by atoms with Crippen LogP contribution in [-0.2, 0) is 0 Å². The van der Waals surface area contributed by atoms with E-state index in [0.717, 1.165) is 5.70 Å². The molecule has 0 spiro atoms. The molecule has 0 amide bonds. The molecule has 1 nitrogen and oxygen atoms in total. The van der Waals surface area contributed by atoms with E-state index < -0.39 is 0 Å². The maximum atomic E-state index is 3.72. The van der Waals surface area contributed by atoms with Crippen LogP contribution in [0.3, 0.4) is 0 Å². The van der Waals surface area contributed by atoms with Gasteiger partial charge in [0.15, 0.2) is 0 Å². The van der Waals surface area contributed by atoms with Crippen molar-refractivity contribution in [2.24, 2.45) is 0 Å². The van der Waals surface area contributed by atoms with Gasteiger partial charge >= 0.3 is 0 Å². The van der Waals surface area contributed by atoms with Crippen molar-refractivity contribution in [2.45, 2.75) is 6.92 Å². The maximum Gasteiger partial charge on any atom is 0.0469 e. The second kappa shape index (κ2) is 6.10. The molecule has 11 heavy (non-hydrogen) atoms. The molecule has 0 rings (SSSR count). The minimum atomic E-state index is 1.08. The molecule has 0 unspecified atom stereocenters. The second-order valence-corrected chi connectivity index (χ2v) is 2.78. The number of rotatable bonds is 4. The third-order valence-electron chi connectivity index (χ3n) is 1.28. The number of thioether (sulfide) groups is 1. The van der Waals surface area contributed by atoms with Crippen LogP contribution in [0.4, 0.5) is 0 Å². The zero-order chi connectivity index (χ0) is 8.69. The van der Waals surface area contributed by atoms with E-state index in [2.05, 4.69) is 24.2 Å². The first-order valence-electron chi connectivity index (χ1n) is 3.51. The molecule has 0 aromatic carbocycles. The highest BCUT2D eigenvalue weighted by Gasteiger charge is 1.94. The Morgan fingerprint density at radius 3 is 2.45 bits per heavy atom. The van der Waals surface area contributed by atoms with Gasteiger partial charge in [-0.05, 0) is 19.3 Å². The molecule has 2 heteroatoms. The first kappa shape index (κ1) is 10.4. The van der Waals surface area contributed by atoms with E-state index in [-0.39, 0.29) is 0 Å². The van der Waals surface area contributed by atoms with Crippen LogP contribution in [0.15, 0.2) is 35.4 Å². The van der Waals surface area contributed by atoms with Gasteiger partial charge in [-0.15, -0.1) is 11.8 Å². The van der Waals surface area contributed by atoms with Crippen molar-refractivity contribution in [3.63, 3.8) is 0 Å². The summed E-state index contributed by atoms with van der Waals surface area (Å²) in [7, 11) is 1.90. The summed E-state index contributed by atoms with van der Waals surface area (Å²) in [5, 5.41) is 3.08. The summed E-state index contributed by atoms with van der Waals surface area (Å²) in [6, 6.07) is 0. The molecule has 62 valence electrons. The highest BCUT2D eigenvalue weighted by molar-refractivity contribution is 8.02. The molecular formula is C9H15NS. The molecule has 0 aliphatic heterocycles. The molecule has 0 bridgehead atoms. The number of likely N-dealkylation sites (N-methyl/N-ethyl adjacent to an activating group) is 1. The largest absolute Gasteiger partial charge is 0.387 e. The molecule has 0 aliphatic rings. The predicted octanol–water partition coefficient (Wildman–Crippen LogP) is 2.54. The van der Waals surface area contributed by atoms with Crippen molar-refractivity contribution in [3.05, 3.63) is 35.4 Å². The molecule has 0 atom stereocenters. The number of hydrogen-bond acceptors (Lipinski definition) is 2. The Labute approximate surface area is 73.3 Å². The Hall–Kier alpha value is -0.630. The fourth-order valence-corrected chi connectivity index (χ4v) is 1.42. The molecule has 0 saturated carbocycles. The monoisotopic (exact) mass is 169 g/mol. The van der Waals surface area contributed by atoms with Crippen molar-refractivity contribution in [2.75, 3.05) is 13.3 Å². The average molecular weight is 169 g/mol. The van der Waals surface area contributed by atoms with E-state index in [0.29, 0.717) is 0 Å². The van der Waals surface area contributed by atoms with Crippen molar-refractivity contribution in [3.8, 4) is 0 Å². The van der Waals surface area contributed by atoms with E-state index in [4.69, 9.17) is 0 Å². The number of allylic oxidation sites excluding steroid dienone is 3. The topological polar surface area (TPSA) is 12.0 Å². The van der Waals surface area contributed by atoms with Crippen molar-refractivity contribution >= 4 is 11.8 Å². The number of nitrogens with one attached hydrogen (secondary N) is 1. The van der Waals surface area contributed by atoms with Gasteiger partial charge < -0.3 is 5.32 Å². The number of hydrogen-bond donors (Lipinski definition) is 1. The second-order valence-electron chi connectivity index (χ2n) is 1.94. The average Bonchev–Trinajstić information content (AvgIpc) is 2.05. The van der Waals surface area contributed by atoms with Gasteiger partial charge in [-0.2, -0.15) is 0 Å². The van der Waals surface area contributed by atoms with Crippen molar-refractivity contribution in [1.29, 1.82) is 0 Å². The third kappa shape index (κ3) is 3.33. The van der Waals surface area contributed by atoms with E-state index in [1.807, 2.05) is 26.1 Å². The van der Waals surface area contributed by atoms with Gasteiger partial charge in [0.25, 0.3) is 0 Å². The summed E-state index contributed by atoms with van der Waals surface area (Å²) in [4.78, 5) is 1.21. The van der Waals surface area contributed by atoms with E-state index >= 15 is 0 Å². The minimum Gasteiger partial charge on any atom is -0.387 e. The lowest BCUT2D eigenvalue weighted by molar-refractivity contribution is 1.03. The molecule has 0 fully saturated rings. The van der Waals surface area contributed by atoms with Crippen LogP contribution in [0.1, 0.15) is 6.92 Å². The quantitative estimate of drug-likeness (QED) is 0.649. The normalized spacial score (nSPS) is 13.0. The van der Waals surface area contributed by atoms with E-state index in [1.54, 1.807) is 11.8 Å². The first-order chi connectivity index (χ1) is 5.29. The molecule has 1 N–H and O–H groups in total. The van der Waals surface area contributed by atoms with Crippen LogP contribution < -0.4 is 5.32 Å². The summed E-state index contributed by atoms with van der Waals surface area (Å²) >= 11 is 1.71. The fourth-order valence-electron chi connectivity index (χ4n) is 0.745. The van der Waals surface area contributed by atoms with Crippen LogP contribution in [0.25, 0.3) is 0 Å². The summed E-state index contributed by atoms with van der Waals surface area (Å²) in [6.45, 7) is 5.72. The SMILES string of the molecule is C=C/C(NC)=C(\C=C/C)SC. The van der Waals surface area contributed by atoms with Gasteiger partial charge in [-0.3, -0.25) is 0 Å². The van der Waals surface area contributed by atoms with Crippen LogP contribution in [0, 0.1) is 0 Å². The Bertz CT molecular complexity index is 180. The van der Waals surface area contributed by atoms with E-state index in [9.17, 15) is 0 Å². The Morgan fingerprint density at radius 2 is 2.18 bits per heavy atom. The van der Waals surface area contributed by atoms with Crippen LogP contribution in [0.5, 0.6) is 0 Å². The molecular weight excluding hydrogens is 154 g/mol. The highest BCUT2D eigenvalue weighted by atomic mass is 32.2. The first-order valence-corrected chi connectivity index (χ1v) is 4.73. The molecule has 0 aliphatic carbocycles. The lowest BCUT2D eigenvalue weighted by atomic mass is 10.3. The zero-order valence-corrected chi connectivity index (χ0v) is 8.16. The van der Waals surface area contributed by atoms with Gasteiger partial charge in [0.05, 0.1) is 0 Å². The van der Waals surface area contributed by atoms with Gasteiger partial charge in [0, 0.05) is 17.6 Å². The molecule has 0 saturated heterocycles. The van der Waals surface area contributed by atoms with Gasteiger partial charge in [-0.1, -0.05) is 18.7 Å². The van der Waals surface area contributed by atoms with Crippen molar-refractivity contribution < 1.29 is 0 Å². The van der Waals surface area contributed by atoms with Gasteiger partial charge in [-0.25, -0.2) is 0 Å². The molecule has 0 aromatic rings. The fraction of sp³-hybridized carbons (Fsp3) is 0.333. The predicted molar refractivity (Wildman–Crippen MR) is 54.6 cm³/mol. The summed E-state index contributed by atoms with van der Waals surface area (Å²) in [6.07, 6.45) is 7.97. The Kier molecular flexibility index (Phi) is 5.75. The third-order valence-corrected chi connectivity index (χ3v) is 2.07. The molecule has 0 aromatic heterocycles. The standard InChI is InChI=1S/C9H15NS/c1-5-7-9(11-4)8(6-2)10-3/h5-7,10H,2H2,1,3-4H3/b7-5-,9-8-. The Balaban J connectivity index is 4.61. The van der Waals surface area contributed by atoms with Gasteiger partial charge in [0.1, 0.15) is 0 Å².